The lowest BCUT2D eigenvalue weighted by molar-refractivity contribution is 0.675. The second kappa shape index (κ2) is 2.42. The first-order chi connectivity index (χ1) is 4.61. The summed E-state index contributed by atoms with van der Waals surface area (Å²) in [5.41, 5.74) is 6.76. The van der Waals surface area contributed by atoms with Crippen molar-refractivity contribution in [2.45, 2.75) is 6.92 Å². The Bertz CT molecular complexity index is 248. The van der Waals surface area contributed by atoms with Gasteiger partial charge in [0.15, 0.2) is 0 Å². The molecule has 1 heterocycles. The van der Waals surface area contributed by atoms with Crippen LogP contribution in [0.5, 0.6) is 0 Å². The third-order valence-corrected chi connectivity index (χ3v) is 1.89. The lowest BCUT2D eigenvalue weighted by atomic mass is 10.4. The van der Waals surface area contributed by atoms with E-state index in [2.05, 4.69) is 5.10 Å². The highest BCUT2D eigenvalue weighted by Crippen LogP contribution is 2.06. The number of nitrogens with two attached hydrogens (primary N) is 1. The lowest BCUT2D eigenvalue weighted by Crippen LogP contribution is -2.01. The minimum absolute atomic E-state index is 0.579. The highest BCUT2D eigenvalue weighted by Gasteiger charge is 2.01. The molecule has 0 saturated carbocycles. The van der Waals surface area contributed by atoms with Crippen LogP contribution in [0.1, 0.15) is 5.69 Å². The van der Waals surface area contributed by atoms with Crippen LogP contribution in [0.3, 0.4) is 0 Å². The molecule has 0 radical (unpaired) electrons. The Morgan fingerprint density at radius 2 is 2.40 bits per heavy atom. The average Bonchev–Trinajstić information content (AvgIpc) is 2.13. The van der Waals surface area contributed by atoms with Gasteiger partial charge in [0, 0.05) is 6.26 Å². The largest absolute Gasteiger partial charge is 0.396 e. The van der Waals surface area contributed by atoms with Gasteiger partial charge in [0.25, 0.3) is 0 Å². The van der Waals surface area contributed by atoms with Gasteiger partial charge in [-0.1, -0.05) is 0 Å². The van der Waals surface area contributed by atoms with Crippen molar-refractivity contribution < 1.29 is 4.21 Å². The van der Waals surface area contributed by atoms with Crippen LogP contribution in [0.25, 0.3) is 0 Å². The van der Waals surface area contributed by atoms with E-state index in [0.29, 0.717) is 5.69 Å². The van der Waals surface area contributed by atoms with Gasteiger partial charge in [-0.05, 0) is 6.92 Å². The molecule has 0 fully saturated rings. The fraction of sp³-hybridized carbons (Fsp3) is 0.400. The third kappa shape index (κ3) is 1.18. The number of nitrogens with zero attached hydrogens (tertiary/aromatic N) is 2. The normalized spacial score (nSPS) is 13.4. The lowest BCUT2D eigenvalue weighted by Gasteiger charge is -1.89. The first-order valence-electron chi connectivity index (χ1n) is 2.77. The van der Waals surface area contributed by atoms with E-state index < -0.39 is 11.0 Å². The molecular formula is C5H9N3OS. The molecule has 0 aliphatic rings. The van der Waals surface area contributed by atoms with Crippen molar-refractivity contribution >= 4 is 16.7 Å². The predicted molar refractivity (Wildman–Crippen MR) is 40.8 cm³/mol. The van der Waals surface area contributed by atoms with Gasteiger partial charge in [0.05, 0.1) is 17.6 Å². The molecule has 0 spiro atoms. The molecule has 5 heteroatoms. The first-order valence-corrected chi connectivity index (χ1v) is 4.28. The Kier molecular flexibility index (Phi) is 1.76. The van der Waals surface area contributed by atoms with Gasteiger partial charge in [-0.3, -0.25) is 0 Å². The first kappa shape index (κ1) is 7.27. The Morgan fingerprint density at radius 3 is 2.60 bits per heavy atom. The zero-order valence-corrected chi connectivity index (χ0v) is 6.68. The Balaban J connectivity index is 3.10. The number of hydrogen-bond donors (Lipinski definition) is 1. The number of aromatic nitrogens is 2. The second-order valence-corrected chi connectivity index (χ2v) is 3.22. The maximum Gasteiger partial charge on any atom is 0.136 e. The smallest absolute Gasteiger partial charge is 0.136 e. The molecule has 1 aromatic rings. The molecule has 4 nitrogen and oxygen atoms in total. The molecule has 0 saturated heterocycles. The summed E-state index contributed by atoms with van der Waals surface area (Å²) in [5, 5.41) is 3.90. The van der Waals surface area contributed by atoms with Gasteiger partial charge >= 0.3 is 0 Å². The van der Waals surface area contributed by atoms with E-state index in [0.717, 1.165) is 5.69 Å². The maximum atomic E-state index is 10.8. The summed E-state index contributed by atoms with van der Waals surface area (Å²) in [5.74, 6) is 0. The summed E-state index contributed by atoms with van der Waals surface area (Å²) < 4.78 is 12.1. The van der Waals surface area contributed by atoms with Gasteiger partial charge in [-0.2, -0.15) is 9.19 Å². The number of hydrogen-bond acceptors (Lipinski definition) is 3. The van der Waals surface area contributed by atoms with Crippen LogP contribution >= 0.6 is 0 Å². The van der Waals surface area contributed by atoms with E-state index in [-0.39, 0.29) is 0 Å². The summed E-state index contributed by atoms with van der Waals surface area (Å²) >= 11 is 0. The van der Waals surface area contributed by atoms with E-state index in [4.69, 9.17) is 5.73 Å². The van der Waals surface area contributed by atoms with E-state index in [9.17, 15) is 4.21 Å². The SMILES string of the molecule is Cc1nn(S(C)=O)cc1N. The monoisotopic (exact) mass is 159 g/mol. The molecule has 56 valence electrons. The van der Waals surface area contributed by atoms with Crippen molar-refractivity contribution in [3.8, 4) is 0 Å². The standard InChI is InChI=1S/C5H9N3OS/c1-4-5(6)3-8(7-4)10(2)9/h3H,6H2,1-2H3. The average molecular weight is 159 g/mol. The van der Waals surface area contributed by atoms with Crippen molar-refractivity contribution in [1.82, 2.24) is 9.19 Å². The molecule has 0 aliphatic heterocycles. The summed E-state index contributed by atoms with van der Waals surface area (Å²) in [7, 11) is -1.09. The fourth-order valence-corrected chi connectivity index (χ4v) is 1.08. The number of anilines is 1. The van der Waals surface area contributed by atoms with E-state index >= 15 is 0 Å². The molecule has 10 heavy (non-hydrogen) atoms. The summed E-state index contributed by atoms with van der Waals surface area (Å²) in [6.07, 6.45) is 3.11. The van der Waals surface area contributed by atoms with Crippen molar-refractivity contribution in [1.29, 1.82) is 0 Å². The second-order valence-electron chi connectivity index (χ2n) is 2.00. The summed E-state index contributed by atoms with van der Waals surface area (Å²) in [6, 6.07) is 0. The van der Waals surface area contributed by atoms with Crippen molar-refractivity contribution in [3.63, 3.8) is 0 Å². The van der Waals surface area contributed by atoms with E-state index in [1.165, 1.54) is 4.09 Å². The van der Waals surface area contributed by atoms with Gasteiger partial charge in [-0.15, -0.1) is 0 Å². The minimum atomic E-state index is -1.09. The van der Waals surface area contributed by atoms with Crippen molar-refractivity contribution in [2.24, 2.45) is 0 Å². The molecule has 1 atom stereocenters. The zero-order valence-electron chi connectivity index (χ0n) is 5.87. The molecule has 1 unspecified atom stereocenters. The van der Waals surface area contributed by atoms with Crippen LogP contribution in [-0.2, 0) is 11.0 Å². The number of rotatable bonds is 1. The topological polar surface area (TPSA) is 60.9 Å². The van der Waals surface area contributed by atoms with E-state index in [1.807, 2.05) is 0 Å². The Hall–Kier alpha value is -0.840. The van der Waals surface area contributed by atoms with Crippen molar-refractivity contribution in [2.75, 3.05) is 12.0 Å². The number of nitrogen functional groups attached to an aromatic ring is 1. The highest BCUT2D eigenvalue weighted by atomic mass is 32.2. The quantitative estimate of drug-likeness (QED) is 0.623. The van der Waals surface area contributed by atoms with E-state index in [1.54, 1.807) is 19.4 Å². The molecule has 0 aliphatic carbocycles. The molecule has 1 aromatic heterocycles. The predicted octanol–water partition coefficient (Wildman–Crippen LogP) is -0.0847. The van der Waals surface area contributed by atoms with Crippen LogP contribution in [0.2, 0.25) is 0 Å². The molecular weight excluding hydrogens is 150 g/mol. The Labute approximate surface area is 61.6 Å². The van der Waals surface area contributed by atoms with Crippen LogP contribution in [0.4, 0.5) is 5.69 Å². The van der Waals surface area contributed by atoms with Gasteiger partial charge in [0.2, 0.25) is 0 Å². The maximum absolute atomic E-state index is 10.8. The van der Waals surface area contributed by atoms with Crippen molar-refractivity contribution in [3.05, 3.63) is 11.9 Å². The van der Waals surface area contributed by atoms with Crippen LogP contribution in [0, 0.1) is 6.92 Å². The summed E-state index contributed by atoms with van der Waals surface area (Å²) in [6.45, 7) is 1.78. The zero-order chi connectivity index (χ0) is 7.72. The van der Waals surface area contributed by atoms with Gasteiger partial charge in [0.1, 0.15) is 11.0 Å². The molecule has 1 rings (SSSR count). The Morgan fingerprint density at radius 1 is 1.80 bits per heavy atom. The summed E-state index contributed by atoms with van der Waals surface area (Å²) in [4.78, 5) is 0. The number of aryl methyl sites for hydroxylation is 1. The highest BCUT2D eigenvalue weighted by molar-refractivity contribution is 7.82. The van der Waals surface area contributed by atoms with Crippen LogP contribution < -0.4 is 5.73 Å². The molecule has 2 N–H and O–H groups in total. The minimum Gasteiger partial charge on any atom is -0.396 e. The fourth-order valence-electron chi connectivity index (χ4n) is 0.579. The molecule has 0 amide bonds. The van der Waals surface area contributed by atoms with Gasteiger partial charge < -0.3 is 5.73 Å². The molecule has 0 bridgehead atoms. The third-order valence-electron chi connectivity index (χ3n) is 1.18. The van der Waals surface area contributed by atoms with Gasteiger partial charge in [-0.25, -0.2) is 4.21 Å². The van der Waals surface area contributed by atoms with Crippen LogP contribution in [0.15, 0.2) is 6.20 Å². The molecule has 0 aromatic carbocycles. The van der Waals surface area contributed by atoms with Crippen LogP contribution in [-0.4, -0.2) is 19.7 Å².